The minimum absolute atomic E-state index is 0.333. The van der Waals surface area contributed by atoms with Crippen LogP contribution in [-0.2, 0) is 6.42 Å². The zero-order chi connectivity index (χ0) is 7.84. The lowest BCUT2D eigenvalue weighted by Gasteiger charge is -2.13. The molecule has 0 saturated heterocycles. The van der Waals surface area contributed by atoms with Gasteiger partial charge in [0, 0.05) is 17.5 Å². The molecule has 0 spiro atoms. The molecule has 1 heterocycles. The average Bonchev–Trinajstić information content (AvgIpc) is 2.34. The summed E-state index contributed by atoms with van der Waals surface area (Å²) in [5.41, 5.74) is 3.35. The Morgan fingerprint density at radius 3 is 3.18 bits per heavy atom. The first-order valence-electron chi connectivity index (χ1n) is 3.69. The van der Waals surface area contributed by atoms with Crippen LogP contribution in [0.25, 0.3) is 5.57 Å². The molecule has 1 unspecified atom stereocenters. The van der Waals surface area contributed by atoms with Gasteiger partial charge in [0.2, 0.25) is 0 Å². The first-order valence-corrected chi connectivity index (χ1v) is 3.69. The molecule has 1 N–H and O–H groups in total. The lowest BCUT2D eigenvalue weighted by atomic mass is 9.94. The highest BCUT2D eigenvalue weighted by Crippen LogP contribution is 2.26. The van der Waals surface area contributed by atoms with E-state index in [1.165, 1.54) is 0 Å². The lowest BCUT2D eigenvalue weighted by molar-refractivity contribution is 0.222. The van der Waals surface area contributed by atoms with Gasteiger partial charge in [0.1, 0.15) is 0 Å². The molecular weight excluding hydrogens is 140 g/mol. The van der Waals surface area contributed by atoms with E-state index < -0.39 is 0 Å². The molecule has 1 aromatic rings. The zero-order valence-electron chi connectivity index (χ0n) is 6.37. The molecule has 1 aromatic heterocycles. The van der Waals surface area contributed by atoms with Gasteiger partial charge in [-0.1, -0.05) is 6.08 Å². The molecule has 1 aliphatic rings. The molecule has 0 aliphatic heterocycles. The second-order valence-electron chi connectivity index (χ2n) is 2.93. The summed E-state index contributed by atoms with van der Waals surface area (Å²) in [7, 11) is 0. The predicted octanol–water partition coefficient (Wildman–Crippen LogP) is 1.60. The third kappa shape index (κ3) is 0.994. The maximum Gasteiger partial charge on any atom is 0.0980 e. The molecule has 2 rings (SSSR count). The Labute approximate surface area is 65.1 Å². The molecule has 0 aromatic carbocycles. The van der Waals surface area contributed by atoms with Crippen LogP contribution in [0.4, 0.5) is 0 Å². The van der Waals surface area contributed by atoms with E-state index in [0.717, 1.165) is 16.7 Å². The summed E-state index contributed by atoms with van der Waals surface area (Å²) < 4.78 is 5.03. The molecule has 58 valence electrons. The third-order valence-corrected chi connectivity index (χ3v) is 2.04. The van der Waals surface area contributed by atoms with Crippen LogP contribution in [0.3, 0.4) is 0 Å². The molecular formula is C9H10O2. The fraction of sp³-hybridized carbons (Fsp3) is 0.333. The highest BCUT2D eigenvalue weighted by molar-refractivity contribution is 5.68. The van der Waals surface area contributed by atoms with E-state index >= 15 is 0 Å². The summed E-state index contributed by atoms with van der Waals surface area (Å²) in [5.74, 6) is 0. The maximum atomic E-state index is 9.33. The quantitative estimate of drug-likeness (QED) is 0.609. The van der Waals surface area contributed by atoms with Gasteiger partial charge >= 0.3 is 0 Å². The van der Waals surface area contributed by atoms with Crippen molar-refractivity contribution in [3.63, 3.8) is 0 Å². The molecule has 0 fully saturated rings. The maximum absolute atomic E-state index is 9.33. The normalized spacial score (nSPS) is 22.7. The molecule has 0 amide bonds. The Morgan fingerprint density at radius 2 is 2.36 bits per heavy atom. The van der Waals surface area contributed by atoms with Crippen molar-refractivity contribution >= 4 is 5.57 Å². The van der Waals surface area contributed by atoms with Crippen LogP contribution in [-0.4, -0.2) is 11.2 Å². The Balaban J connectivity index is 2.50. The van der Waals surface area contributed by atoms with Gasteiger partial charge in [0.05, 0.1) is 18.6 Å². The lowest BCUT2D eigenvalue weighted by Crippen LogP contribution is -2.11. The van der Waals surface area contributed by atoms with Crippen LogP contribution in [0, 0.1) is 0 Å². The van der Waals surface area contributed by atoms with E-state index in [1.54, 1.807) is 12.5 Å². The number of aliphatic hydroxyl groups is 1. The summed E-state index contributed by atoms with van der Waals surface area (Å²) in [6.45, 7) is 1.98. The largest absolute Gasteiger partial charge is 0.472 e. The number of furan rings is 1. The van der Waals surface area contributed by atoms with Crippen molar-refractivity contribution in [3.8, 4) is 0 Å². The van der Waals surface area contributed by atoms with Crippen LogP contribution in [0.1, 0.15) is 18.1 Å². The number of rotatable bonds is 0. The standard InChI is InChI=1S/C9H10O2/c1-6-2-8(10)3-7-4-11-5-9(6)7/h2,4-5,8,10H,3H2,1H3. The Morgan fingerprint density at radius 1 is 1.55 bits per heavy atom. The van der Waals surface area contributed by atoms with Gasteiger partial charge in [-0.2, -0.15) is 0 Å². The van der Waals surface area contributed by atoms with Crippen molar-refractivity contribution in [3.05, 3.63) is 29.7 Å². The first kappa shape index (κ1) is 6.68. The first-order chi connectivity index (χ1) is 5.27. The van der Waals surface area contributed by atoms with Gasteiger partial charge in [-0.15, -0.1) is 0 Å². The third-order valence-electron chi connectivity index (χ3n) is 2.04. The van der Waals surface area contributed by atoms with Crippen molar-refractivity contribution in [1.29, 1.82) is 0 Å². The van der Waals surface area contributed by atoms with Crippen molar-refractivity contribution in [2.24, 2.45) is 0 Å². The number of allylic oxidation sites excluding steroid dienone is 1. The Bertz CT molecular complexity index is 296. The summed E-state index contributed by atoms with van der Waals surface area (Å²) in [6.07, 6.45) is 5.64. The number of aliphatic hydroxyl groups excluding tert-OH is 1. The van der Waals surface area contributed by atoms with Gasteiger partial charge in [0.25, 0.3) is 0 Å². The van der Waals surface area contributed by atoms with Crippen LogP contribution < -0.4 is 0 Å². The van der Waals surface area contributed by atoms with Crippen molar-refractivity contribution in [2.75, 3.05) is 0 Å². The SMILES string of the molecule is CC1=CC(O)Cc2cocc21. The Kier molecular flexibility index (Phi) is 1.36. The monoisotopic (exact) mass is 150 g/mol. The molecule has 2 nitrogen and oxygen atoms in total. The second-order valence-corrected chi connectivity index (χ2v) is 2.93. The van der Waals surface area contributed by atoms with E-state index in [2.05, 4.69) is 0 Å². The summed E-state index contributed by atoms with van der Waals surface area (Å²) >= 11 is 0. The molecule has 2 heteroatoms. The second kappa shape index (κ2) is 2.24. The van der Waals surface area contributed by atoms with E-state index in [1.807, 2.05) is 13.0 Å². The Hall–Kier alpha value is -1.02. The molecule has 1 aliphatic carbocycles. The molecule has 1 atom stereocenters. The van der Waals surface area contributed by atoms with Gasteiger partial charge in [-0.05, 0) is 12.5 Å². The topological polar surface area (TPSA) is 33.4 Å². The van der Waals surface area contributed by atoms with Crippen molar-refractivity contribution in [1.82, 2.24) is 0 Å². The van der Waals surface area contributed by atoms with Crippen molar-refractivity contribution < 1.29 is 9.52 Å². The van der Waals surface area contributed by atoms with Gasteiger partial charge in [0.15, 0.2) is 0 Å². The van der Waals surface area contributed by atoms with Gasteiger partial charge < -0.3 is 9.52 Å². The highest BCUT2D eigenvalue weighted by Gasteiger charge is 2.16. The molecule has 0 bridgehead atoms. The summed E-state index contributed by atoms with van der Waals surface area (Å²) in [5, 5.41) is 9.33. The minimum Gasteiger partial charge on any atom is -0.472 e. The minimum atomic E-state index is -0.333. The fourth-order valence-corrected chi connectivity index (χ4v) is 1.49. The number of hydrogen-bond donors (Lipinski definition) is 1. The van der Waals surface area contributed by atoms with Crippen molar-refractivity contribution in [2.45, 2.75) is 19.4 Å². The molecule has 0 radical (unpaired) electrons. The van der Waals surface area contributed by atoms with E-state index in [-0.39, 0.29) is 6.10 Å². The van der Waals surface area contributed by atoms with Gasteiger partial charge in [-0.25, -0.2) is 0 Å². The zero-order valence-corrected chi connectivity index (χ0v) is 6.37. The van der Waals surface area contributed by atoms with Crippen LogP contribution >= 0.6 is 0 Å². The smallest absolute Gasteiger partial charge is 0.0980 e. The van der Waals surface area contributed by atoms with E-state index in [4.69, 9.17) is 4.42 Å². The molecule has 0 saturated carbocycles. The predicted molar refractivity (Wildman–Crippen MR) is 42.1 cm³/mol. The fourth-order valence-electron chi connectivity index (χ4n) is 1.49. The highest BCUT2D eigenvalue weighted by atomic mass is 16.3. The van der Waals surface area contributed by atoms with Crippen LogP contribution in [0.2, 0.25) is 0 Å². The molecule has 11 heavy (non-hydrogen) atoms. The summed E-state index contributed by atoms with van der Waals surface area (Å²) in [6, 6.07) is 0. The van der Waals surface area contributed by atoms with Crippen LogP contribution in [0.5, 0.6) is 0 Å². The number of fused-ring (bicyclic) bond motifs is 1. The van der Waals surface area contributed by atoms with E-state index in [0.29, 0.717) is 6.42 Å². The number of hydrogen-bond acceptors (Lipinski definition) is 2. The van der Waals surface area contributed by atoms with Gasteiger partial charge in [-0.3, -0.25) is 0 Å². The van der Waals surface area contributed by atoms with Crippen LogP contribution in [0.15, 0.2) is 23.0 Å². The summed E-state index contributed by atoms with van der Waals surface area (Å²) in [4.78, 5) is 0. The van der Waals surface area contributed by atoms with E-state index in [9.17, 15) is 5.11 Å². The average molecular weight is 150 g/mol.